The fourth-order valence-corrected chi connectivity index (χ4v) is 1.92. The van der Waals surface area contributed by atoms with E-state index in [1.54, 1.807) is 11.9 Å². The molecule has 0 saturated carbocycles. The highest BCUT2D eigenvalue weighted by Gasteiger charge is 2.35. The van der Waals surface area contributed by atoms with Crippen LogP contribution in [0.2, 0.25) is 0 Å². The van der Waals surface area contributed by atoms with Gasteiger partial charge < -0.3 is 19.8 Å². The summed E-state index contributed by atoms with van der Waals surface area (Å²) in [4.78, 5) is 28.1. The summed E-state index contributed by atoms with van der Waals surface area (Å²) in [5.41, 5.74) is 0. The van der Waals surface area contributed by atoms with Crippen LogP contribution in [0.3, 0.4) is 0 Å². The van der Waals surface area contributed by atoms with Gasteiger partial charge in [-0.1, -0.05) is 0 Å². The Kier molecular flexibility index (Phi) is 4.74. The van der Waals surface area contributed by atoms with Gasteiger partial charge in [-0.15, -0.1) is 0 Å². The Labute approximate surface area is 102 Å². The van der Waals surface area contributed by atoms with Crippen molar-refractivity contribution in [1.82, 2.24) is 14.7 Å². The third-order valence-electron chi connectivity index (χ3n) is 2.99. The summed E-state index contributed by atoms with van der Waals surface area (Å²) in [6.45, 7) is 1.92. The molecule has 0 aromatic carbocycles. The van der Waals surface area contributed by atoms with Crippen molar-refractivity contribution in [3.05, 3.63) is 0 Å². The molecule has 6 nitrogen and oxygen atoms in total. The number of carbonyl (C=O) groups excluding carboxylic acids is 1. The molecule has 0 bridgehead atoms. The summed E-state index contributed by atoms with van der Waals surface area (Å²) < 4.78 is 0. The number of carboxylic acids is 1. The van der Waals surface area contributed by atoms with Gasteiger partial charge in [-0.25, -0.2) is 9.59 Å². The summed E-state index contributed by atoms with van der Waals surface area (Å²) in [6, 6.07) is -0.832. The maximum atomic E-state index is 12.0. The van der Waals surface area contributed by atoms with Crippen molar-refractivity contribution < 1.29 is 14.7 Å². The quantitative estimate of drug-likeness (QED) is 0.763. The van der Waals surface area contributed by atoms with Crippen LogP contribution in [0.25, 0.3) is 0 Å². The van der Waals surface area contributed by atoms with E-state index < -0.39 is 12.0 Å². The number of nitrogens with zero attached hydrogens (tertiary/aromatic N) is 3. The van der Waals surface area contributed by atoms with E-state index in [4.69, 9.17) is 5.11 Å². The van der Waals surface area contributed by atoms with Crippen molar-refractivity contribution in [2.24, 2.45) is 0 Å². The highest BCUT2D eigenvalue weighted by atomic mass is 16.4. The van der Waals surface area contributed by atoms with Crippen molar-refractivity contribution in [2.75, 3.05) is 40.8 Å². The van der Waals surface area contributed by atoms with Crippen molar-refractivity contribution in [1.29, 1.82) is 0 Å². The molecule has 1 N–H and O–H groups in total. The molecule has 1 aliphatic rings. The van der Waals surface area contributed by atoms with E-state index in [9.17, 15) is 9.59 Å². The Hall–Kier alpha value is -1.30. The minimum Gasteiger partial charge on any atom is -0.480 e. The van der Waals surface area contributed by atoms with Crippen LogP contribution in [0, 0.1) is 0 Å². The molecule has 0 unspecified atom stereocenters. The van der Waals surface area contributed by atoms with Crippen LogP contribution in [0.4, 0.5) is 4.79 Å². The molecule has 1 saturated heterocycles. The van der Waals surface area contributed by atoms with Gasteiger partial charge in [0.15, 0.2) is 0 Å². The SMILES string of the molecule is CN(C)CCN(C)C(=O)N1CCC[C@H]1C(=O)O. The lowest BCUT2D eigenvalue weighted by molar-refractivity contribution is -0.141. The normalized spacial score (nSPS) is 19.8. The average molecular weight is 243 g/mol. The van der Waals surface area contributed by atoms with Gasteiger partial charge in [-0.05, 0) is 26.9 Å². The van der Waals surface area contributed by atoms with Gasteiger partial charge in [-0.3, -0.25) is 0 Å². The number of aliphatic carboxylic acids is 1. The summed E-state index contributed by atoms with van der Waals surface area (Å²) >= 11 is 0. The second-order valence-corrected chi connectivity index (χ2v) is 4.70. The first-order valence-corrected chi connectivity index (χ1v) is 5.82. The lowest BCUT2D eigenvalue weighted by Gasteiger charge is -2.28. The predicted octanol–water partition coefficient (Wildman–Crippen LogP) is 0.149. The molecular weight excluding hydrogens is 222 g/mol. The van der Waals surface area contributed by atoms with Gasteiger partial charge >= 0.3 is 12.0 Å². The summed E-state index contributed by atoms with van der Waals surface area (Å²) in [6.07, 6.45) is 1.33. The van der Waals surface area contributed by atoms with Crippen LogP contribution in [0.1, 0.15) is 12.8 Å². The molecule has 1 atom stereocenters. The van der Waals surface area contributed by atoms with Gasteiger partial charge in [0, 0.05) is 26.7 Å². The van der Waals surface area contributed by atoms with E-state index >= 15 is 0 Å². The molecule has 1 aliphatic heterocycles. The number of carbonyl (C=O) groups is 2. The smallest absolute Gasteiger partial charge is 0.326 e. The largest absolute Gasteiger partial charge is 0.480 e. The van der Waals surface area contributed by atoms with Crippen molar-refractivity contribution in [3.8, 4) is 0 Å². The fourth-order valence-electron chi connectivity index (χ4n) is 1.92. The Morgan fingerprint density at radius 1 is 1.29 bits per heavy atom. The minimum absolute atomic E-state index is 0.184. The van der Waals surface area contributed by atoms with Gasteiger partial charge in [0.1, 0.15) is 6.04 Å². The molecule has 1 heterocycles. The number of rotatable bonds is 4. The number of hydrogen-bond acceptors (Lipinski definition) is 3. The molecule has 0 aromatic heterocycles. The van der Waals surface area contributed by atoms with Crippen LogP contribution in [0.15, 0.2) is 0 Å². The van der Waals surface area contributed by atoms with Gasteiger partial charge in [-0.2, -0.15) is 0 Å². The number of likely N-dealkylation sites (N-methyl/N-ethyl adjacent to an activating group) is 2. The van der Waals surface area contributed by atoms with E-state index in [0.29, 0.717) is 19.5 Å². The minimum atomic E-state index is -0.906. The number of hydrogen-bond donors (Lipinski definition) is 1. The molecule has 0 aliphatic carbocycles. The van der Waals surface area contributed by atoms with E-state index in [1.165, 1.54) is 4.90 Å². The molecule has 6 heteroatoms. The lowest BCUT2D eigenvalue weighted by Crippen LogP contribution is -2.48. The topological polar surface area (TPSA) is 64.1 Å². The molecule has 98 valence electrons. The first-order valence-electron chi connectivity index (χ1n) is 5.82. The average Bonchev–Trinajstić information content (AvgIpc) is 2.73. The first kappa shape index (κ1) is 13.8. The van der Waals surface area contributed by atoms with Gasteiger partial charge in [0.2, 0.25) is 0 Å². The monoisotopic (exact) mass is 243 g/mol. The summed E-state index contributed by atoms with van der Waals surface area (Å²) in [5.74, 6) is -0.906. The van der Waals surface area contributed by atoms with Gasteiger partial charge in [0.25, 0.3) is 0 Å². The Bertz CT molecular complexity index is 294. The van der Waals surface area contributed by atoms with Crippen LogP contribution >= 0.6 is 0 Å². The van der Waals surface area contributed by atoms with Crippen LogP contribution in [-0.2, 0) is 4.79 Å². The van der Waals surface area contributed by atoms with Gasteiger partial charge in [0.05, 0.1) is 0 Å². The molecule has 17 heavy (non-hydrogen) atoms. The number of urea groups is 1. The second-order valence-electron chi connectivity index (χ2n) is 4.70. The maximum absolute atomic E-state index is 12.0. The molecule has 0 aromatic rings. The zero-order chi connectivity index (χ0) is 13.0. The molecular formula is C11H21N3O3. The Balaban J connectivity index is 2.53. The molecule has 0 spiro atoms. The van der Waals surface area contributed by atoms with Crippen molar-refractivity contribution in [2.45, 2.75) is 18.9 Å². The molecule has 2 amide bonds. The van der Waals surface area contributed by atoms with Crippen molar-refractivity contribution in [3.63, 3.8) is 0 Å². The lowest BCUT2D eigenvalue weighted by atomic mass is 10.2. The first-order chi connectivity index (χ1) is 7.93. The third kappa shape index (κ3) is 3.59. The van der Waals surface area contributed by atoms with E-state index in [0.717, 1.165) is 13.0 Å². The fraction of sp³-hybridized carbons (Fsp3) is 0.818. The summed E-state index contributed by atoms with van der Waals surface area (Å²) in [7, 11) is 5.59. The van der Waals surface area contributed by atoms with Crippen LogP contribution < -0.4 is 0 Å². The Morgan fingerprint density at radius 3 is 2.47 bits per heavy atom. The zero-order valence-electron chi connectivity index (χ0n) is 10.7. The van der Waals surface area contributed by atoms with Crippen LogP contribution in [0.5, 0.6) is 0 Å². The van der Waals surface area contributed by atoms with Crippen molar-refractivity contribution >= 4 is 12.0 Å². The van der Waals surface area contributed by atoms with E-state index in [-0.39, 0.29) is 6.03 Å². The predicted molar refractivity (Wildman–Crippen MR) is 63.9 cm³/mol. The number of amides is 2. The van der Waals surface area contributed by atoms with E-state index in [2.05, 4.69) is 0 Å². The molecule has 0 radical (unpaired) electrons. The highest BCUT2D eigenvalue weighted by molar-refractivity contribution is 5.83. The molecule has 1 rings (SSSR count). The zero-order valence-corrected chi connectivity index (χ0v) is 10.7. The maximum Gasteiger partial charge on any atom is 0.326 e. The second kappa shape index (κ2) is 5.86. The highest BCUT2D eigenvalue weighted by Crippen LogP contribution is 2.18. The summed E-state index contributed by atoms with van der Waals surface area (Å²) in [5, 5.41) is 9.01. The molecule has 1 fully saturated rings. The number of carboxylic acid groups (broad SMARTS) is 1. The third-order valence-corrected chi connectivity index (χ3v) is 2.99. The number of likely N-dealkylation sites (tertiary alicyclic amines) is 1. The van der Waals surface area contributed by atoms with Crippen LogP contribution in [-0.4, -0.2) is 78.6 Å². The van der Waals surface area contributed by atoms with E-state index in [1.807, 2.05) is 19.0 Å². The standard InChI is InChI=1S/C11H21N3O3/c1-12(2)7-8-13(3)11(17)14-6-4-5-9(14)10(15)16/h9H,4-8H2,1-3H3,(H,15,16)/t9-/m0/s1. The Morgan fingerprint density at radius 2 is 1.94 bits per heavy atom.